The topological polar surface area (TPSA) is 125 Å². The lowest BCUT2D eigenvalue weighted by Gasteiger charge is -2.34. The summed E-state index contributed by atoms with van der Waals surface area (Å²) in [5.41, 5.74) is 1.32. The van der Waals surface area contributed by atoms with Gasteiger partial charge in [0.25, 0.3) is 17.7 Å². The van der Waals surface area contributed by atoms with Crippen LogP contribution in [-0.4, -0.2) is 52.6 Å². The Morgan fingerprint density at radius 3 is 2.42 bits per heavy atom. The monoisotopic (exact) mass is 426 g/mol. The molecule has 1 aromatic heterocycles. The molecule has 0 radical (unpaired) electrons. The molecule has 0 bridgehead atoms. The van der Waals surface area contributed by atoms with Gasteiger partial charge in [-0.15, -0.1) is 0 Å². The molecule has 164 valence electrons. The third-order valence-electron chi connectivity index (χ3n) is 4.98. The minimum Gasteiger partial charge on any atom is -0.361 e. The summed E-state index contributed by atoms with van der Waals surface area (Å²) < 4.78 is 5.05. The van der Waals surface area contributed by atoms with Gasteiger partial charge in [-0.2, -0.15) is 0 Å². The molecular weight excluding hydrogens is 400 g/mol. The lowest BCUT2D eigenvalue weighted by molar-refractivity contribution is -0.148. The van der Waals surface area contributed by atoms with Crippen LogP contribution >= 0.6 is 0 Å². The Morgan fingerprint density at radius 1 is 1.26 bits per heavy atom. The highest BCUT2D eigenvalue weighted by molar-refractivity contribution is 6.12. The maximum Gasteiger partial charge on any atom is 0.278 e. The van der Waals surface area contributed by atoms with Crippen molar-refractivity contribution in [3.05, 3.63) is 52.9 Å². The molecule has 1 aromatic carbocycles. The number of aryl methyl sites for hydroxylation is 1. The van der Waals surface area contributed by atoms with Crippen LogP contribution in [-0.2, 0) is 16.0 Å². The van der Waals surface area contributed by atoms with E-state index in [0.717, 1.165) is 16.4 Å². The van der Waals surface area contributed by atoms with E-state index in [1.165, 1.54) is 26.5 Å². The first-order valence-electron chi connectivity index (χ1n) is 9.62. The molecule has 3 amide bonds. The van der Waals surface area contributed by atoms with Crippen molar-refractivity contribution in [2.75, 3.05) is 14.1 Å². The lowest BCUT2D eigenvalue weighted by atomic mass is 9.96. The molecule has 0 aliphatic heterocycles. The van der Waals surface area contributed by atoms with Crippen LogP contribution in [0.5, 0.6) is 0 Å². The van der Waals surface area contributed by atoms with E-state index in [4.69, 9.17) is 9.73 Å². The third kappa shape index (κ3) is 5.29. The molecule has 0 aliphatic carbocycles. The lowest BCUT2D eigenvalue weighted by Crippen LogP contribution is -2.64. The summed E-state index contributed by atoms with van der Waals surface area (Å²) >= 11 is 0. The second-order valence-electron chi connectivity index (χ2n) is 7.34. The predicted octanol–water partition coefficient (Wildman–Crippen LogP) is 1.30. The molecule has 2 unspecified atom stereocenters. The predicted molar refractivity (Wildman–Crippen MR) is 112 cm³/mol. The highest BCUT2D eigenvalue weighted by Crippen LogP contribution is 2.18. The van der Waals surface area contributed by atoms with E-state index in [9.17, 15) is 14.4 Å². The van der Waals surface area contributed by atoms with Crippen LogP contribution in [0.25, 0.3) is 0 Å². The van der Waals surface area contributed by atoms with Gasteiger partial charge in [-0.05, 0) is 38.1 Å². The Balaban J connectivity index is 2.14. The SMILES string of the molecule is CNC(=O)C(C)(C(=O)NO)N(C)C(=O)c1ccc(C#CC(C)Cc2cc(C)on2)cc1. The quantitative estimate of drug-likeness (QED) is 0.277. The van der Waals surface area contributed by atoms with E-state index in [0.29, 0.717) is 12.0 Å². The van der Waals surface area contributed by atoms with Crippen LogP contribution in [0.2, 0.25) is 0 Å². The Morgan fingerprint density at radius 2 is 1.90 bits per heavy atom. The standard InChI is InChI=1S/C22H26N4O5/c1-14(12-18-13-15(2)31-25-18)6-7-16-8-10-17(11-9-16)19(27)26(5)22(3,20(28)23-4)21(29)24-30/h8-11,13-14,30H,12H2,1-5H3,(H,23,28)(H,24,29). The zero-order valence-corrected chi connectivity index (χ0v) is 18.1. The van der Waals surface area contributed by atoms with Gasteiger partial charge in [0.2, 0.25) is 0 Å². The Labute approximate surface area is 180 Å². The summed E-state index contributed by atoms with van der Waals surface area (Å²) in [5, 5.41) is 15.3. The first-order valence-corrected chi connectivity index (χ1v) is 9.62. The molecular formula is C22H26N4O5. The van der Waals surface area contributed by atoms with Gasteiger partial charge < -0.3 is 14.7 Å². The number of carbonyl (C=O) groups is 3. The van der Waals surface area contributed by atoms with Gasteiger partial charge in [0.05, 0.1) is 5.69 Å². The summed E-state index contributed by atoms with van der Waals surface area (Å²) in [6.45, 7) is 5.06. The highest BCUT2D eigenvalue weighted by Gasteiger charge is 2.47. The molecule has 3 N–H and O–H groups in total. The zero-order chi connectivity index (χ0) is 23.2. The number of benzene rings is 1. The number of nitrogens with zero attached hydrogens (tertiary/aromatic N) is 2. The molecule has 0 saturated carbocycles. The number of hydroxylamine groups is 1. The van der Waals surface area contributed by atoms with E-state index in [-0.39, 0.29) is 11.5 Å². The van der Waals surface area contributed by atoms with Crippen molar-refractivity contribution in [2.45, 2.75) is 32.7 Å². The van der Waals surface area contributed by atoms with E-state index in [1.54, 1.807) is 24.3 Å². The van der Waals surface area contributed by atoms with Gasteiger partial charge >= 0.3 is 0 Å². The van der Waals surface area contributed by atoms with Crippen molar-refractivity contribution >= 4 is 17.7 Å². The number of hydrogen-bond donors (Lipinski definition) is 3. The first kappa shape index (κ1) is 23.6. The molecule has 0 saturated heterocycles. The van der Waals surface area contributed by atoms with Gasteiger partial charge in [0, 0.05) is 43.6 Å². The fourth-order valence-electron chi connectivity index (χ4n) is 2.94. The number of amides is 3. The molecule has 9 heteroatoms. The molecule has 2 rings (SSSR count). The Hall–Kier alpha value is -3.64. The molecule has 9 nitrogen and oxygen atoms in total. The second-order valence-corrected chi connectivity index (χ2v) is 7.34. The van der Waals surface area contributed by atoms with Gasteiger partial charge in [-0.25, -0.2) is 5.48 Å². The molecule has 0 fully saturated rings. The van der Waals surface area contributed by atoms with Gasteiger partial charge in [-0.1, -0.05) is 23.9 Å². The summed E-state index contributed by atoms with van der Waals surface area (Å²) in [6.07, 6.45) is 0.663. The number of nitrogens with one attached hydrogen (secondary N) is 2. The Bertz CT molecular complexity index is 1000. The minimum atomic E-state index is -1.94. The number of rotatable bonds is 6. The average molecular weight is 426 g/mol. The van der Waals surface area contributed by atoms with E-state index >= 15 is 0 Å². The van der Waals surface area contributed by atoms with Crippen molar-refractivity contribution in [3.8, 4) is 11.8 Å². The molecule has 1 heterocycles. The number of likely N-dealkylation sites (N-methyl/N-ethyl adjacent to an activating group) is 2. The fraction of sp³-hybridized carbons (Fsp3) is 0.364. The maximum atomic E-state index is 12.8. The third-order valence-corrected chi connectivity index (χ3v) is 4.98. The summed E-state index contributed by atoms with van der Waals surface area (Å²) in [4.78, 5) is 38.2. The van der Waals surface area contributed by atoms with Gasteiger partial charge in [0.1, 0.15) is 5.76 Å². The van der Waals surface area contributed by atoms with Crippen molar-refractivity contribution in [1.29, 1.82) is 0 Å². The maximum absolute atomic E-state index is 12.8. The highest BCUT2D eigenvalue weighted by atomic mass is 16.5. The number of carbonyl (C=O) groups excluding carboxylic acids is 3. The fourth-order valence-corrected chi connectivity index (χ4v) is 2.94. The Kier molecular flexibility index (Phi) is 7.56. The average Bonchev–Trinajstić information content (AvgIpc) is 3.19. The molecule has 2 aromatic rings. The second kappa shape index (κ2) is 9.91. The van der Waals surface area contributed by atoms with Crippen LogP contribution < -0.4 is 10.8 Å². The summed E-state index contributed by atoms with van der Waals surface area (Å²) in [5.74, 6) is 4.67. The van der Waals surface area contributed by atoms with Crippen LogP contribution in [0.15, 0.2) is 34.9 Å². The summed E-state index contributed by atoms with van der Waals surface area (Å²) in [6, 6.07) is 8.37. The largest absolute Gasteiger partial charge is 0.361 e. The van der Waals surface area contributed by atoms with E-state index < -0.39 is 23.3 Å². The summed E-state index contributed by atoms with van der Waals surface area (Å²) in [7, 11) is 2.65. The molecule has 0 aliphatic rings. The van der Waals surface area contributed by atoms with Gasteiger partial charge in [-0.3, -0.25) is 19.6 Å². The zero-order valence-electron chi connectivity index (χ0n) is 18.1. The van der Waals surface area contributed by atoms with Crippen LogP contribution in [0.3, 0.4) is 0 Å². The van der Waals surface area contributed by atoms with Gasteiger partial charge in [0.15, 0.2) is 5.54 Å². The minimum absolute atomic E-state index is 0.0576. The smallest absolute Gasteiger partial charge is 0.278 e. The van der Waals surface area contributed by atoms with Crippen LogP contribution in [0, 0.1) is 24.7 Å². The van der Waals surface area contributed by atoms with E-state index in [1.807, 2.05) is 19.9 Å². The molecule has 0 spiro atoms. The van der Waals surface area contributed by atoms with Crippen LogP contribution in [0.1, 0.15) is 41.2 Å². The normalized spacial score (nSPS) is 13.2. The van der Waals surface area contributed by atoms with Crippen molar-refractivity contribution < 1.29 is 24.1 Å². The van der Waals surface area contributed by atoms with E-state index in [2.05, 4.69) is 22.3 Å². The molecule has 31 heavy (non-hydrogen) atoms. The van der Waals surface area contributed by atoms with Crippen LogP contribution in [0.4, 0.5) is 0 Å². The molecule has 2 atom stereocenters. The van der Waals surface area contributed by atoms with Crippen molar-refractivity contribution in [3.63, 3.8) is 0 Å². The van der Waals surface area contributed by atoms with Crippen molar-refractivity contribution in [1.82, 2.24) is 20.9 Å². The number of hydrogen-bond acceptors (Lipinski definition) is 6. The number of aromatic nitrogens is 1. The van der Waals surface area contributed by atoms with Crippen molar-refractivity contribution in [2.24, 2.45) is 5.92 Å². The first-order chi connectivity index (χ1) is 14.6.